The van der Waals surface area contributed by atoms with Gasteiger partial charge in [0.15, 0.2) is 0 Å². The molecule has 0 bridgehead atoms. The molecule has 104 valence electrons. The molecule has 2 rings (SSSR count). The molecule has 0 amide bonds. The number of ether oxygens (including phenoxy) is 1. The van der Waals surface area contributed by atoms with E-state index in [4.69, 9.17) is 9.15 Å². The third kappa shape index (κ3) is 2.82. The highest BCUT2D eigenvalue weighted by Crippen LogP contribution is 2.30. The largest absolute Gasteiger partial charge is 0.458 e. The molecule has 1 aromatic heterocycles. The molecule has 19 heavy (non-hydrogen) atoms. The fourth-order valence-corrected chi connectivity index (χ4v) is 2.38. The van der Waals surface area contributed by atoms with Crippen molar-refractivity contribution < 1.29 is 14.3 Å². The Morgan fingerprint density at radius 3 is 2.63 bits per heavy atom. The lowest BCUT2D eigenvalue weighted by Gasteiger charge is -2.24. The smallest absolute Gasteiger partial charge is 0.138 e. The van der Waals surface area contributed by atoms with Crippen LogP contribution in [0.25, 0.3) is 11.0 Å². The van der Waals surface area contributed by atoms with Crippen LogP contribution in [0.15, 0.2) is 28.7 Å². The van der Waals surface area contributed by atoms with Gasteiger partial charge in [0, 0.05) is 12.0 Å². The van der Waals surface area contributed by atoms with Crippen LogP contribution in [0.2, 0.25) is 0 Å². The maximum Gasteiger partial charge on any atom is 0.138 e. The number of benzene rings is 1. The van der Waals surface area contributed by atoms with Gasteiger partial charge in [0.1, 0.15) is 17.4 Å². The molecule has 1 aromatic carbocycles. The highest BCUT2D eigenvalue weighted by Gasteiger charge is 2.27. The molecule has 2 aromatic rings. The Bertz CT molecular complexity index is 542. The number of fused-ring (bicyclic) bond motifs is 1. The first kappa shape index (κ1) is 14.1. The molecule has 3 nitrogen and oxygen atoms in total. The molecule has 0 spiro atoms. The monoisotopic (exact) mass is 262 g/mol. The first-order chi connectivity index (χ1) is 9.04. The van der Waals surface area contributed by atoms with E-state index in [0.29, 0.717) is 12.4 Å². The number of aliphatic hydroxyl groups is 1. The number of rotatable bonds is 5. The zero-order valence-electron chi connectivity index (χ0n) is 12.0. The molecule has 1 heterocycles. The van der Waals surface area contributed by atoms with Crippen molar-refractivity contribution in [2.24, 2.45) is 5.92 Å². The minimum absolute atomic E-state index is 0.226. The van der Waals surface area contributed by atoms with Crippen LogP contribution in [0.1, 0.15) is 38.2 Å². The maximum absolute atomic E-state index is 10.5. The van der Waals surface area contributed by atoms with Crippen LogP contribution < -0.4 is 0 Å². The predicted molar refractivity (Wildman–Crippen MR) is 76.2 cm³/mol. The summed E-state index contributed by atoms with van der Waals surface area (Å²) in [4.78, 5) is 0. The zero-order chi connectivity index (χ0) is 14.0. The maximum atomic E-state index is 10.5. The van der Waals surface area contributed by atoms with E-state index in [1.165, 1.54) is 0 Å². The quantitative estimate of drug-likeness (QED) is 0.890. The van der Waals surface area contributed by atoms with Crippen molar-refractivity contribution in [1.29, 1.82) is 0 Å². The van der Waals surface area contributed by atoms with Gasteiger partial charge in [-0.3, -0.25) is 0 Å². The Labute approximate surface area is 114 Å². The number of aryl methyl sites for hydroxylation is 1. The average Bonchev–Trinajstić information content (AvgIpc) is 2.80. The molecular formula is C16H22O3. The Balaban J connectivity index is 2.34. The van der Waals surface area contributed by atoms with E-state index >= 15 is 0 Å². The van der Waals surface area contributed by atoms with E-state index in [0.717, 1.165) is 16.5 Å². The lowest BCUT2D eigenvalue weighted by Crippen LogP contribution is -2.27. The lowest BCUT2D eigenvalue weighted by molar-refractivity contribution is -0.0657. The predicted octanol–water partition coefficient (Wildman–Crippen LogP) is 3.84. The van der Waals surface area contributed by atoms with Gasteiger partial charge in [0.05, 0.1) is 6.10 Å². The van der Waals surface area contributed by atoms with E-state index in [1.54, 1.807) is 0 Å². The van der Waals surface area contributed by atoms with Gasteiger partial charge in [0.25, 0.3) is 0 Å². The molecule has 0 radical (unpaired) electrons. The molecule has 0 aliphatic heterocycles. The number of aliphatic hydroxyl groups excluding tert-OH is 1. The SMILES string of the molecule is CCOC(C(C)C)C(O)c1cc2cccc(C)c2o1. The summed E-state index contributed by atoms with van der Waals surface area (Å²) in [6.07, 6.45) is -0.974. The van der Waals surface area contributed by atoms with Crippen LogP contribution in [0.5, 0.6) is 0 Å². The Morgan fingerprint density at radius 2 is 2.05 bits per heavy atom. The minimum Gasteiger partial charge on any atom is -0.458 e. The van der Waals surface area contributed by atoms with E-state index in [9.17, 15) is 5.11 Å². The van der Waals surface area contributed by atoms with E-state index < -0.39 is 6.10 Å². The summed E-state index contributed by atoms with van der Waals surface area (Å²) in [7, 11) is 0. The number of hydrogen-bond donors (Lipinski definition) is 1. The third-order valence-corrected chi connectivity index (χ3v) is 3.38. The summed E-state index contributed by atoms with van der Waals surface area (Å²) < 4.78 is 11.4. The van der Waals surface area contributed by atoms with Gasteiger partial charge < -0.3 is 14.3 Å². The molecule has 0 saturated heterocycles. The van der Waals surface area contributed by atoms with Crippen molar-refractivity contribution in [3.05, 3.63) is 35.6 Å². The number of hydrogen-bond acceptors (Lipinski definition) is 3. The van der Waals surface area contributed by atoms with E-state index in [2.05, 4.69) is 0 Å². The van der Waals surface area contributed by atoms with Crippen LogP contribution >= 0.6 is 0 Å². The summed E-state index contributed by atoms with van der Waals surface area (Å²) in [5.74, 6) is 0.806. The van der Waals surface area contributed by atoms with Crippen molar-refractivity contribution in [3.63, 3.8) is 0 Å². The molecule has 0 fully saturated rings. The third-order valence-electron chi connectivity index (χ3n) is 3.38. The highest BCUT2D eigenvalue weighted by atomic mass is 16.5. The topological polar surface area (TPSA) is 42.6 Å². The highest BCUT2D eigenvalue weighted by molar-refractivity contribution is 5.80. The molecule has 0 saturated carbocycles. The fourth-order valence-electron chi connectivity index (χ4n) is 2.38. The average molecular weight is 262 g/mol. The lowest BCUT2D eigenvalue weighted by atomic mass is 10.00. The van der Waals surface area contributed by atoms with Gasteiger partial charge in [0.2, 0.25) is 0 Å². The van der Waals surface area contributed by atoms with Gasteiger partial charge in [-0.25, -0.2) is 0 Å². The summed E-state index contributed by atoms with van der Waals surface area (Å²) in [6.45, 7) is 8.60. The molecule has 0 aliphatic carbocycles. The standard InChI is InChI=1S/C16H22O3/c1-5-18-15(10(2)3)14(17)13-9-12-8-6-7-11(4)16(12)19-13/h6-10,14-15,17H,5H2,1-4H3. The molecule has 1 N–H and O–H groups in total. The molecule has 3 heteroatoms. The van der Waals surface area contributed by atoms with Gasteiger partial charge in [-0.15, -0.1) is 0 Å². The van der Waals surface area contributed by atoms with Crippen molar-refractivity contribution in [3.8, 4) is 0 Å². The van der Waals surface area contributed by atoms with Gasteiger partial charge in [-0.1, -0.05) is 32.0 Å². The summed E-state index contributed by atoms with van der Waals surface area (Å²) in [5, 5.41) is 11.5. The van der Waals surface area contributed by atoms with E-state index in [1.807, 2.05) is 52.0 Å². The second-order valence-corrected chi connectivity index (χ2v) is 5.25. The van der Waals surface area contributed by atoms with Crippen molar-refractivity contribution in [2.45, 2.75) is 39.9 Å². The second kappa shape index (κ2) is 5.76. The molecule has 2 unspecified atom stereocenters. The zero-order valence-corrected chi connectivity index (χ0v) is 12.0. The summed E-state index contributed by atoms with van der Waals surface area (Å²) in [6, 6.07) is 7.89. The first-order valence-corrected chi connectivity index (χ1v) is 6.83. The molecular weight excluding hydrogens is 240 g/mol. The first-order valence-electron chi connectivity index (χ1n) is 6.83. The van der Waals surface area contributed by atoms with Crippen LogP contribution in [0.3, 0.4) is 0 Å². The van der Waals surface area contributed by atoms with Crippen LogP contribution in [-0.4, -0.2) is 17.8 Å². The fraction of sp³-hybridized carbons (Fsp3) is 0.500. The Hall–Kier alpha value is -1.32. The normalized spacial score (nSPS) is 15.1. The number of furan rings is 1. The summed E-state index contributed by atoms with van der Waals surface area (Å²) >= 11 is 0. The molecule has 2 atom stereocenters. The van der Waals surface area contributed by atoms with Crippen molar-refractivity contribution >= 4 is 11.0 Å². The van der Waals surface area contributed by atoms with Crippen LogP contribution in [0.4, 0.5) is 0 Å². The summed E-state index contributed by atoms with van der Waals surface area (Å²) in [5.41, 5.74) is 1.92. The molecule has 0 aliphatic rings. The Morgan fingerprint density at radius 1 is 1.32 bits per heavy atom. The Kier molecular flexibility index (Phi) is 4.27. The van der Waals surface area contributed by atoms with Gasteiger partial charge >= 0.3 is 0 Å². The minimum atomic E-state index is -0.730. The van der Waals surface area contributed by atoms with Crippen molar-refractivity contribution in [1.82, 2.24) is 0 Å². The second-order valence-electron chi connectivity index (χ2n) is 5.25. The van der Waals surface area contributed by atoms with Crippen molar-refractivity contribution in [2.75, 3.05) is 6.61 Å². The van der Waals surface area contributed by atoms with Crippen LogP contribution in [-0.2, 0) is 4.74 Å². The number of para-hydroxylation sites is 1. The van der Waals surface area contributed by atoms with Crippen LogP contribution in [0, 0.1) is 12.8 Å². The van der Waals surface area contributed by atoms with Gasteiger partial charge in [-0.05, 0) is 31.4 Å². The van der Waals surface area contributed by atoms with Gasteiger partial charge in [-0.2, -0.15) is 0 Å². The van der Waals surface area contributed by atoms with E-state index in [-0.39, 0.29) is 12.0 Å².